The summed E-state index contributed by atoms with van der Waals surface area (Å²) in [7, 11) is 2.23. The fraction of sp³-hybridized carbons (Fsp3) is 0.800. The number of nitrogens with zero attached hydrogens (tertiary/aromatic N) is 2. The topological polar surface area (TPSA) is 6.48 Å². The Balaban J connectivity index is 0.000000451. The molecule has 0 aliphatic carbocycles. The molecule has 0 spiro atoms. The summed E-state index contributed by atoms with van der Waals surface area (Å²) in [6, 6.07) is 0.902. The van der Waals surface area contributed by atoms with Crippen molar-refractivity contribution in [1.82, 2.24) is 9.80 Å². The summed E-state index contributed by atoms with van der Waals surface area (Å²) in [5, 5.41) is 0. The molecule has 0 bridgehead atoms. The maximum atomic E-state index is 3.00. The van der Waals surface area contributed by atoms with Gasteiger partial charge in [-0.1, -0.05) is 0 Å². The van der Waals surface area contributed by atoms with Crippen molar-refractivity contribution >= 4 is 0 Å². The van der Waals surface area contributed by atoms with E-state index in [1.807, 2.05) is 0 Å². The molecule has 2 heterocycles. The average Bonchev–Trinajstić information content (AvgIpc) is 2.54. The molecule has 0 amide bonds. The number of rotatable bonds is 0. The van der Waals surface area contributed by atoms with Crippen molar-refractivity contribution in [2.45, 2.75) is 18.9 Å². The van der Waals surface area contributed by atoms with E-state index in [2.05, 4.69) is 30.0 Å². The fourth-order valence-corrected chi connectivity index (χ4v) is 2.15. The third-order valence-electron chi connectivity index (χ3n) is 2.79. The molecule has 1 atom stereocenters. The summed E-state index contributed by atoms with van der Waals surface area (Å²) in [4.78, 5) is 5.09. The van der Waals surface area contributed by atoms with Crippen LogP contribution >= 0.6 is 0 Å². The van der Waals surface area contributed by atoms with Crippen LogP contribution in [0, 0.1) is 31.1 Å². The number of hydrogen-bond acceptors (Lipinski definition) is 2. The molecule has 0 N–H and O–H groups in total. The largest absolute Gasteiger partial charge is 0.304 e. The second-order valence-corrected chi connectivity index (χ2v) is 3.59. The molecule has 0 aromatic rings. The van der Waals surface area contributed by atoms with Crippen LogP contribution in [-0.4, -0.2) is 49.1 Å². The standard InChI is InChI=1S/C8H16N2.C2H4.U/c1-9-5-6-10-4-2-3-8(10)7-9;1-2;/h8H,2-7H2,1H3;1-2H2;. The monoisotopic (exact) mass is 406 g/mol. The van der Waals surface area contributed by atoms with Crippen LogP contribution in [0.5, 0.6) is 0 Å². The number of piperazine rings is 1. The van der Waals surface area contributed by atoms with Crippen molar-refractivity contribution in [1.29, 1.82) is 0 Å². The van der Waals surface area contributed by atoms with E-state index in [4.69, 9.17) is 0 Å². The molecule has 3 heteroatoms. The van der Waals surface area contributed by atoms with Crippen LogP contribution in [0.4, 0.5) is 0 Å². The molecule has 0 aromatic heterocycles. The quantitative estimate of drug-likeness (QED) is 0.558. The van der Waals surface area contributed by atoms with E-state index in [0.717, 1.165) is 6.04 Å². The van der Waals surface area contributed by atoms with E-state index < -0.39 is 0 Å². The van der Waals surface area contributed by atoms with Gasteiger partial charge in [-0.25, -0.2) is 0 Å². The Hall–Kier alpha value is 0.712. The SMILES string of the molecule is C=C.CN1CCN2CCCC2C1.[U]. The molecular formula is C10H20N2U. The third-order valence-corrected chi connectivity index (χ3v) is 2.79. The van der Waals surface area contributed by atoms with Gasteiger partial charge in [0, 0.05) is 56.8 Å². The zero-order valence-electron chi connectivity index (χ0n) is 8.63. The van der Waals surface area contributed by atoms with Crippen LogP contribution < -0.4 is 0 Å². The minimum absolute atomic E-state index is 0. The predicted molar refractivity (Wildman–Crippen MR) is 53.3 cm³/mol. The Morgan fingerprint density at radius 1 is 1.15 bits per heavy atom. The molecular weight excluding hydrogens is 386 g/mol. The van der Waals surface area contributed by atoms with Gasteiger partial charge in [-0.3, -0.25) is 4.90 Å². The van der Waals surface area contributed by atoms with Gasteiger partial charge in [0.05, 0.1) is 0 Å². The van der Waals surface area contributed by atoms with Gasteiger partial charge >= 0.3 is 0 Å². The van der Waals surface area contributed by atoms with E-state index in [0.29, 0.717) is 0 Å². The normalized spacial score (nSPS) is 28.2. The van der Waals surface area contributed by atoms with Crippen LogP contribution in [0.25, 0.3) is 0 Å². The van der Waals surface area contributed by atoms with Crippen molar-refractivity contribution in [3.05, 3.63) is 13.2 Å². The molecule has 74 valence electrons. The Labute approximate surface area is 106 Å². The summed E-state index contributed by atoms with van der Waals surface area (Å²) in [6.45, 7) is 11.2. The van der Waals surface area contributed by atoms with Crippen LogP contribution in [0.1, 0.15) is 12.8 Å². The van der Waals surface area contributed by atoms with Crippen LogP contribution in [0.2, 0.25) is 0 Å². The van der Waals surface area contributed by atoms with E-state index >= 15 is 0 Å². The Morgan fingerprint density at radius 2 is 1.85 bits per heavy atom. The fourth-order valence-electron chi connectivity index (χ4n) is 2.15. The van der Waals surface area contributed by atoms with Gasteiger partial charge in [0.2, 0.25) is 0 Å². The number of fused-ring (bicyclic) bond motifs is 1. The maximum Gasteiger partial charge on any atom is 0.0224 e. The average molecular weight is 406 g/mol. The molecule has 1 unspecified atom stereocenters. The van der Waals surface area contributed by atoms with Gasteiger partial charge in [0.25, 0.3) is 0 Å². The van der Waals surface area contributed by atoms with Gasteiger partial charge in [0.15, 0.2) is 0 Å². The molecule has 13 heavy (non-hydrogen) atoms. The molecule has 0 saturated carbocycles. The van der Waals surface area contributed by atoms with E-state index in [9.17, 15) is 0 Å². The van der Waals surface area contributed by atoms with Crippen LogP contribution in [-0.2, 0) is 0 Å². The van der Waals surface area contributed by atoms with Crippen molar-refractivity contribution < 1.29 is 31.1 Å². The first-order chi connectivity index (χ1) is 5.86. The van der Waals surface area contributed by atoms with Crippen molar-refractivity contribution in [3.8, 4) is 0 Å². The number of likely N-dealkylation sites (N-methyl/N-ethyl adjacent to an activating group) is 1. The third kappa shape index (κ3) is 3.75. The predicted octanol–water partition coefficient (Wildman–Crippen LogP) is 1.20. The number of hydrogen-bond donors (Lipinski definition) is 0. The molecule has 0 radical (unpaired) electrons. The van der Waals surface area contributed by atoms with Crippen molar-refractivity contribution in [2.24, 2.45) is 0 Å². The zero-order valence-corrected chi connectivity index (χ0v) is 12.8. The summed E-state index contributed by atoms with van der Waals surface area (Å²) in [5.41, 5.74) is 0. The van der Waals surface area contributed by atoms with Gasteiger partial charge in [-0.15, -0.1) is 13.2 Å². The molecule has 2 saturated heterocycles. The second-order valence-electron chi connectivity index (χ2n) is 3.59. The summed E-state index contributed by atoms with van der Waals surface area (Å²) in [6.07, 6.45) is 2.86. The summed E-state index contributed by atoms with van der Waals surface area (Å²) in [5.74, 6) is 0. The van der Waals surface area contributed by atoms with Gasteiger partial charge in [0.1, 0.15) is 0 Å². The van der Waals surface area contributed by atoms with Crippen LogP contribution in [0.15, 0.2) is 13.2 Å². The molecule has 0 aromatic carbocycles. The Morgan fingerprint density at radius 3 is 2.54 bits per heavy atom. The zero-order chi connectivity index (χ0) is 8.97. The molecule has 2 aliphatic heterocycles. The molecule has 2 fully saturated rings. The minimum atomic E-state index is 0. The first-order valence-corrected chi connectivity index (χ1v) is 4.79. The van der Waals surface area contributed by atoms with Gasteiger partial charge < -0.3 is 4.90 Å². The first kappa shape index (κ1) is 13.7. The summed E-state index contributed by atoms with van der Waals surface area (Å²) < 4.78 is 0. The second kappa shape index (κ2) is 7.06. The van der Waals surface area contributed by atoms with Crippen molar-refractivity contribution in [2.75, 3.05) is 33.2 Å². The molecule has 2 rings (SSSR count). The van der Waals surface area contributed by atoms with E-state index in [1.54, 1.807) is 0 Å². The van der Waals surface area contributed by atoms with Crippen LogP contribution in [0.3, 0.4) is 0 Å². The summed E-state index contributed by atoms with van der Waals surface area (Å²) >= 11 is 0. The Bertz CT molecular complexity index is 141. The maximum absolute atomic E-state index is 3.00. The van der Waals surface area contributed by atoms with Gasteiger partial charge in [-0.05, 0) is 26.4 Å². The van der Waals surface area contributed by atoms with Crippen molar-refractivity contribution in [3.63, 3.8) is 0 Å². The van der Waals surface area contributed by atoms with E-state index in [1.165, 1.54) is 39.0 Å². The molecule has 2 nitrogen and oxygen atoms in total. The van der Waals surface area contributed by atoms with E-state index in [-0.39, 0.29) is 31.1 Å². The minimum Gasteiger partial charge on any atom is -0.304 e. The Kier molecular flexibility index (Phi) is 7.45. The first-order valence-electron chi connectivity index (χ1n) is 4.79. The molecule has 2 aliphatic rings. The smallest absolute Gasteiger partial charge is 0.0224 e. The van der Waals surface area contributed by atoms with Gasteiger partial charge in [-0.2, -0.15) is 0 Å².